The standard InChI is InChI=1S/C20H23N5O2S/c1-24(2)13-9-10-21-19-14(13)15-16(28-19)20(27)25(17(22-15)11-5-3-6-11)23-18(26)12-7-4-8-12/h9-12H,3-8H2,1-2H3,(H,23,26). The number of carbonyl (C=O) groups is 1. The summed E-state index contributed by atoms with van der Waals surface area (Å²) in [6, 6.07) is 1.95. The Morgan fingerprint density at radius 1 is 1.25 bits per heavy atom. The SMILES string of the molecule is CN(C)c1ccnc2sc3c(=O)n(NC(=O)C4CCC4)c(C4CCC4)nc3c12. The summed E-state index contributed by atoms with van der Waals surface area (Å²) in [4.78, 5) is 38.2. The first-order valence-corrected chi connectivity index (χ1v) is 10.7. The van der Waals surface area contributed by atoms with Gasteiger partial charge in [0.05, 0.1) is 11.1 Å². The molecule has 0 aromatic carbocycles. The Balaban J connectivity index is 1.74. The van der Waals surface area contributed by atoms with Crippen molar-refractivity contribution in [2.24, 2.45) is 5.92 Å². The molecule has 146 valence electrons. The maximum absolute atomic E-state index is 13.4. The van der Waals surface area contributed by atoms with Crippen LogP contribution in [0.4, 0.5) is 5.69 Å². The third kappa shape index (κ3) is 2.62. The van der Waals surface area contributed by atoms with Crippen molar-refractivity contribution in [3.63, 3.8) is 0 Å². The van der Waals surface area contributed by atoms with Crippen LogP contribution >= 0.6 is 11.3 Å². The fourth-order valence-corrected chi connectivity index (χ4v) is 4.94. The lowest BCUT2D eigenvalue weighted by Gasteiger charge is -2.29. The van der Waals surface area contributed by atoms with Crippen molar-refractivity contribution in [2.75, 3.05) is 24.4 Å². The summed E-state index contributed by atoms with van der Waals surface area (Å²) in [5.74, 6) is 0.849. The number of aromatic nitrogens is 3. The van der Waals surface area contributed by atoms with Crippen molar-refractivity contribution in [3.05, 3.63) is 28.4 Å². The number of carbonyl (C=O) groups excluding carboxylic acids is 1. The molecular formula is C20H23N5O2S. The number of nitrogens with one attached hydrogen (secondary N) is 1. The molecule has 3 aromatic rings. The van der Waals surface area contributed by atoms with Crippen molar-refractivity contribution in [2.45, 2.75) is 44.4 Å². The quantitative estimate of drug-likeness (QED) is 0.731. The molecule has 7 nitrogen and oxygen atoms in total. The van der Waals surface area contributed by atoms with Gasteiger partial charge in [-0.25, -0.2) is 14.6 Å². The van der Waals surface area contributed by atoms with Gasteiger partial charge in [-0.15, -0.1) is 11.3 Å². The van der Waals surface area contributed by atoms with Crippen LogP contribution in [0, 0.1) is 5.92 Å². The van der Waals surface area contributed by atoms with Crippen molar-refractivity contribution in [1.29, 1.82) is 0 Å². The van der Waals surface area contributed by atoms with E-state index in [-0.39, 0.29) is 23.3 Å². The van der Waals surface area contributed by atoms with Crippen LogP contribution in [-0.2, 0) is 4.79 Å². The number of nitrogens with zero attached hydrogens (tertiary/aromatic N) is 4. The Morgan fingerprint density at radius 3 is 2.61 bits per heavy atom. The molecule has 1 amide bonds. The number of fused-ring (bicyclic) bond motifs is 3. The first-order valence-electron chi connectivity index (χ1n) is 9.87. The second-order valence-corrected chi connectivity index (χ2v) is 9.03. The maximum atomic E-state index is 13.4. The van der Waals surface area contributed by atoms with E-state index in [1.54, 1.807) is 6.20 Å². The van der Waals surface area contributed by atoms with E-state index in [9.17, 15) is 9.59 Å². The second-order valence-electron chi connectivity index (χ2n) is 8.03. The molecule has 0 spiro atoms. The molecule has 5 rings (SSSR count). The fraction of sp³-hybridized carbons (Fsp3) is 0.500. The van der Waals surface area contributed by atoms with Crippen LogP contribution in [0.15, 0.2) is 17.1 Å². The van der Waals surface area contributed by atoms with Crippen LogP contribution < -0.4 is 15.9 Å². The highest BCUT2D eigenvalue weighted by atomic mass is 32.1. The van der Waals surface area contributed by atoms with Crippen molar-refractivity contribution >= 4 is 43.4 Å². The molecule has 2 aliphatic carbocycles. The normalized spacial score (nSPS) is 17.5. The van der Waals surface area contributed by atoms with Gasteiger partial charge in [0.15, 0.2) is 0 Å². The van der Waals surface area contributed by atoms with Gasteiger partial charge in [-0.2, -0.15) is 0 Å². The summed E-state index contributed by atoms with van der Waals surface area (Å²) >= 11 is 1.35. The molecule has 2 saturated carbocycles. The summed E-state index contributed by atoms with van der Waals surface area (Å²) in [6.07, 6.45) is 7.76. The second kappa shape index (κ2) is 6.55. The summed E-state index contributed by atoms with van der Waals surface area (Å²) < 4.78 is 1.98. The average Bonchev–Trinajstić information content (AvgIpc) is 2.94. The lowest BCUT2D eigenvalue weighted by atomic mass is 9.84. The molecular weight excluding hydrogens is 374 g/mol. The van der Waals surface area contributed by atoms with Crippen molar-refractivity contribution < 1.29 is 4.79 Å². The number of anilines is 1. The van der Waals surface area contributed by atoms with E-state index in [0.29, 0.717) is 16.0 Å². The number of hydrogen-bond acceptors (Lipinski definition) is 6. The van der Waals surface area contributed by atoms with Gasteiger partial charge in [0, 0.05) is 32.1 Å². The summed E-state index contributed by atoms with van der Waals surface area (Å²) in [7, 11) is 3.95. The highest BCUT2D eigenvalue weighted by Gasteiger charge is 2.31. The fourth-order valence-electron chi connectivity index (χ4n) is 3.91. The van der Waals surface area contributed by atoms with E-state index in [4.69, 9.17) is 4.98 Å². The predicted octanol–water partition coefficient (Wildman–Crippen LogP) is 3.21. The zero-order valence-corrected chi connectivity index (χ0v) is 16.9. The van der Waals surface area contributed by atoms with Gasteiger partial charge in [0.25, 0.3) is 5.56 Å². The van der Waals surface area contributed by atoms with E-state index in [2.05, 4.69) is 10.4 Å². The van der Waals surface area contributed by atoms with E-state index >= 15 is 0 Å². The number of hydrogen-bond donors (Lipinski definition) is 1. The molecule has 0 unspecified atom stereocenters. The Kier molecular flexibility index (Phi) is 4.12. The number of amides is 1. The van der Waals surface area contributed by atoms with Gasteiger partial charge in [0.2, 0.25) is 5.91 Å². The van der Waals surface area contributed by atoms with Gasteiger partial charge >= 0.3 is 0 Å². The Morgan fingerprint density at radius 2 is 2.00 bits per heavy atom. The van der Waals surface area contributed by atoms with Crippen LogP contribution in [0.25, 0.3) is 20.4 Å². The molecule has 2 aliphatic rings. The predicted molar refractivity (Wildman–Crippen MR) is 112 cm³/mol. The zero-order chi connectivity index (χ0) is 19.4. The molecule has 28 heavy (non-hydrogen) atoms. The van der Waals surface area contributed by atoms with Crippen LogP contribution in [-0.4, -0.2) is 34.6 Å². The monoisotopic (exact) mass is 397 g/mol. The first kappa shape index (κ1) is 17.6. The van der Waals surface area contributed by atoms with Gasteiger partial charge in [-0.05, 0) is 31.7 Å². The molecule has 8 heteroatoms. The van der Waals surface area contributed by atoms with Gasteiger partial charge in [-0.3, -0.25) is 15.0 Å². The topological polar surface area (TPSA) is 80.1 Å². The molecule has 0 atom stereocenters. The Labute approximate surface area is 166 Å². The zero-order valence-electron chi connectivity index (χ0n) is 16.1. The summed E-state index contributed by atoms with van der Waals surface area (Å²) in [5, 5.41) is 0.919. The minimum absolute atomic E-state index is 0.0151. The third-order valence-corrected chi connectivity index (χ3v) is 7.12. The van der Waals surface area contributed by atoms with E-state index < -0.39 is 0 Å². The van der Waals surface area contributed by atoms with Crippen LogP contribution in [0.5, 0.6) is 0 Å². The Bertz CT molecular complexity index is 1140. The van der Waals surface area contributed by atoms with E-state index in [1.807, 2.05) is 25.1 Å². The lowest BCUT2D eigenvalue weighted by molar-refractivity contribution is -0.123. The number of thiophene rings is 1. The van der Waals surface area contributed by atoms with Crippen LogP contribution in [0.3, 0.4) is 0 Å². The van der Waals surface area contributed by atoms with E-state index in [1.165, 1.54) is 16.0 Å². The minimum Gasteiger partial charge on any atom is -0.377 e. The van der Waals surface area contributed by atoms with Crippen molar-refractivity contribution in [1.82, 2.24) is 14.6 Å². The van der Waals surface area contributed by atoms with E-state index in [0.717, 1.165) is 54.4 Å². The molecule has 0 saturated heterocycles. The van der Waals surface area contributed by atoms with Crippen molar-refractivity contribution in [3.8, 4) is 0 Å². The maximum Gasteiger partial charge on any atom is 0.290 e. The largest absolute Gasteiger partial charge is 0.377 e. The van der Waals surface area contributed by atoms with Gasteiger partial charge in [-0.1, -0.05) is 12.8 Å². The first-order chi connectivity index (χ1) is 13.5. The smallest absolute Gasteiger partial charge is 0.290 e. The summed E-state index contributed by atoms with van der Waals surface area (Å²) in [5.41, 5.74) is 4.40. The molecule has 0 radical (unpaired) electrons. The molecule has 1 N–H and O–H groups in total. The molecule has 0 bridgehead atoms. The minimum atomic E-state index is -0.188. The molecule has 3 heterocycles. The van der Waals surface area contributed by atoms with Gasteiger partial charge < -0.3 is 4.90 Å². The highest BCUT2D eigenvalue weighted by Crippen LogP contribution is 2.39. The molecule has 0 aliphatic heterocycles. The van der Waals surface area contributed by atoms with Crippen LogP contribution in [0.1, 0.15) is 50.3 Å². The highest BCUT2D eigenvalue weighted by molar-refractivity contribution is 7.25. The van der Waals surface area contributed by atoms with Gasteiger partial charge in [0.1, 0.15) is 20.9 Å². The van der Waals surface area contributed by atoms with Crippen LogP contribution in [0.2, 0.25) is 0 Å². The molecule has 2 fully saturated rings. The Hall–Kier alpha value is -2.48. The lowest BCUT2D eigenvalue weighted by Crippen LogP contribution is -2.41. The average molecular weight is 398 g/mol. The number of pyridine rings is 1. The molecule has 3 aromatic heterocycles. The third-order valence-electron chi connectivity index (χ3n) is 6.05. The summed E-state index contributed by atoms with van der Waals surface area (Å²) in [6.45, 7) is 0. The number of rotatable bonds is 4.